The molecule has 27 heavy (non-hydrogen) atoms. The molecule has 2 aromatic rings. The van der Waals surface area contributed by atoms with Gasteiger partial charge in [0.1, 0.15) is 12.4 Å². The van der Waals surface area contributed by atoms with E-state index in [9.17, 15) is 0 Å². The van der Waals surface area contributed by atoms with Crippen molar-refractivity contribution in [3.8, 4) is 5.75 Å². The predicted molar refractivity (Wildman–Crippen MR) is 111 cm³/mol. The number of aliphatic imine (C=N–C) groups is 1. The molecule has 2 rings (SSSR count). The maximum Gasteiger partial charge on any atom is 0.191 e. The van der Waals surface area contributed by atoms with Gasteiger partial charge in [0.25, 0.3) is 0 Å². The van der Waals surface area contributed by atoms with Crippen LogP contribution in [0.3, 0.4) is 0 Å². The van der Waals surface area contributed by atoms with Crippen molar-refractivity contribution in [1.82, 2.24) is 10.6 Å². The largest absolute Gasteiger partial charge is 0.491 e. The summed E-state index contributed by atoms with van der Waals surface area (Å²) in [6.45, 7) is 5.54. The number of nitrogens with zero attached hydrogens (tertiary/aromatic N) is 1. The second-order valence-electron chi connectivity index (χ2n) is 6.20. The molecule has 0 fully saturated rings. The molecule has 0 aliphatic heterocycles. The Balaban J connectivity index is 1.80. The lowest BCUT2D eigenvalue weighted by atomic mass is 10.1. The number of aryl methyl sites for hydroxylation is 1. The summed E-state index contributed by atoms with van der Waals surface area (Å²) < 4.78 is 10.7. The Morgan fingerprint density at radius 2 is 1.78 bits per heavy atom. The zero-order valence-corrected chi connectivity index (χ0v) is 16.4. The average molecular weight is 370 g/mol. The lowest BCUT2D eigenvalue weighted by Crippen LogP contribution is -2.37. The first kappa shape index (κ1) is 20.8. The van der Waals surface area contributed by atoms with Crippen LogP contribution in [0.1, 0.15) is 24.5 Å². The van der Waals surface area contributed by atoms with Crippen LogP contribution in [0.25, 0.3) is 0 Å². The highest BCUT2D eigenvalue weighted by Gasteiger charge is 2.00. The Morgan fingerprint density at radius 3 is 2.56 bits per heavy atom. The van der Waals surface area contributed by atoms with E-state index in [4.69, 9.17) is 9.47 Å². The number of nitrogens with one attached hydrogen (secondary N) is 2. The van der Waals surface area contributed by atoms with Crippen LogP contribution in [0.2, 0.25) is 0 Å². The van der Waals surface area contributed by atoms with E-state index in [1.807, 2.05) is 18.2 Å². The van der Waals surface area contributed by atoms with Gasteiger partial charge in [0.05, 0.1) is 13.2 Å². The Labute approximate surface area is 162 Å². The van der Waals surface area contributed by atoms with E-state index >= 15 is 0 Å². The van der Waals surface area contributed by atoms with E-state index in [2.05, 4.69) is 58.9 Å². The lowest BCUT2D eigenvalue weighted by Gasteiger charge is -2.12. The maximum atomic E-state index is 5.66. The van der Waals surface area contributed by atoms with Gasteiger partial charge in [-0.1, -0.05) is 42.5 Å². The van der Waals surface area contributed by atoms with Crippen molar-refractivity contribution in [2.45, 2.75) is 26.3 Å². The first-order chi connectivity index (χ1) is 13.3. The Kier molecular flexibility index (Phi) is 9.82. The zero-order chi connectivity index (χ0) is 19.2. The smallest absolute Gasteiger partial charge is 0.191 e. The third kappa shape index (κ3) is 8.60. The van der Waals surface area contributed by atoms with Crippen molar-refractivity contribution in [3.05, 3.63) is 65.7 Å². The number of hydrogen-bond donors (Lipinski definition) is 2. The third-order valence-electron chi connectivity index (χ3n) is 4.00. The number of guanidine groups is 1. The van der Waals surface area contributed by atoms with Gasteiger partial charge in [-0.05, 0) is 43.0 Å². The monoisotopic (exact) mass is 369 g/mol. The van der Waals surface area contributed by atoms with Crippen LogP contribution in [0.5, 0.6) is 5.75 Å². The molecule has 0 unspecified atom stereocenters. The fourth-order valence-electron chi connectivity index (χ4n) is 2.63. The minimum atomic E-state index is 0.550. The summed E-state index contributed by atoms with van der Waals surface area (Å²) in [5.41, 5.74) is 2.48. The standard InChI is InChI=1S/C22H31N3O2/c1-3-23-22(24-14-8-12-19-9-5-4-6-10-19)25-18-20-11-7-13-21(17-20)27-16-15-26-2/h4-7,9-11,13,17H,3,8,12,14-16,18H2,1-2H3,(H2,23,24,25). The number of hydrogen-bond acceptors (Lipinski definition) is 3. The molecular formula is C22H31N3O2. The summed E-state index contributed by atoms with van der Waals surface area (Å²) in [5, 5.41) is 6.71. The number of rotatable bonds is 11. The third-order valence-corrected chi connectivity index (χ3v) is 4.00. The first-order valence-electron chi connectivity index (χ1n) is 9.58. The van der Waals surface area contributed by atoms with E-state index in [-0.39, 0.29) is 0 Å². The quantitative estimate of drug-likeness (QED) is 0.362. The van der Waals surface area contributed by atoms with Crippen molar-refractivity contribution in [1.29, 1.82) is 0 Å². The lowest BCUT2D eigenvalue weighted by molar-refractivity contribution is 0.146. The van der Waals surface area contributed by atoms with E-state index in [1.54, 1.807) is 7.11 Å². The Bertz CT molecular complexity index is 674. The van der Waals surface area contributed by atoms with Crippen LogP contribution in [-0.4, -0.2) is 39.4 Å². The molecule has 2 N–H and O–H groups in total. The minimum Gasteiger partial charge on any atom is -0.491 e. The van der Waals surface area contributed by atoms with Crippen molar-refractivity contribution >= 4 is 5.96 Å². The molecule has 0 aliphatic rings. The highest BCUT2D eigenvalue weighted by Crippen LogP contribution is 2.14. The molecule has 0 radical (unpaired) electrons. The molecule has 0 spiro atoms. The fourth-order valence-corrected chi connectivity index (χ4v) is 2.63. The summed E-state index contributed by atoms with van der Waals surface area (Å²) in [7, 11) is 1.67. The summed E-state index contributed by atoms with van der Waals surface area (Å²) in [6, 6.07) is 18.6. The number of methoxy groups -OCH3 is 1. The van der Waals surface area contributed by atoms with Gasteiger partial charge >= 0.3 is 0 Å². The van der Waals surface area contributed by atoms with E-state index < -0.39 is 0 Å². The molecule has 5 heteroatoms. The zero-order valence-electron chi connectivity index (χ0n) is 16.4. The normalized spacial score (nSPS) is 11.3. The minimum absolute atomic E-state index is 0.550. The molecule has 0 bridgehead atoms. The molecule has 0 aromatic heterocycles. The number of benzene rings is 2. The molecule has 146 valence electrons. The van der Waals surface area contributed by atoms with Gasteiger partial charge < -0.3 is 20.1 Å². The predicted octanol–water partition coefficient (Wildman–Crippen LogP) is 3.40. The SMILES string of the molecule is CCNC(=NCc1cccc(OCCOC)c1)NCCCc1ccccc1. The molecule has 2 aromatic carbocycles. The molecule has 0 amide bonds. The van der Waals surface area contributed by atoms with Crippen LogP contribution in [0.4, 0.5) is 0 Å². The second-order valence-corrected chi connectivity index (χ2v) is 6.20. The average Bonchev–Trinajstić information content (AvgIpc) is 2.70. The summed E-state index contributed by atoms with van der Waals surface area (Å²) in [4.78, 5) is 4.68. The van der Waals surface area contributed by atoms with Gasteiger partial charge in [0.15, 0.2) is 5.96 Å². The van der Waals surface area contributed by atoms with Gasteiger partial charge in [-0.25, -0.2) is 4.99 Å². The summed E-state index contributed by atoms with van der Waals surface area (Å²) in [6.07, 6.45) is 2.13. The molecule has 0 aliphatic carbocycles. The van der Waals surface area contributed by atoms with E-state index in [0.29, 0.717) is 19.8 Å². The number of ether oxygens (including phenoxy) is 2. The van der Waals surface area contributed by atoms with Gasteiger partial charge in [0.2, 0.25) is 0 Å². The Hall–Kier alpha value is -2.53. The summed E-state index contributed by atoms with van der Waals surface area (Å²) in [5.74, 6) is 1.69. The van der Waals surface area contributed by atoms with Gasteiger partial charge in [0, 0.05) is 20.2 Å². The highest BCUT2D eigenvalue weighted by molar-refractivity contribution is 5.79. The first-order valence-corrected chi connectivity index (χ1v) is 9.58. The maximum absolute atomic E-state index is 5.66. The molecule has 0 atom stereocenters. The van der Waals surface area contributed by atoms with Crippen LogP contribution in [0, 0.1) is 0 Å². The van der Waals surface area contributed by atoms with Crippen LogP contribution < -0.4 is 15.4 Å². The topological polar surface area (TPSA) is 54.9 Å². The van der Waals surface area contributed by atoms with E-state index in [1.165, 1.54) is 5.56 Å². The van der Waals surface area contributed by atoms with Crippen molar-refractivity contribution in [2.24, 2.45) is 4.99 Å². The van der Waals surface area contributed by atoms with Crippen molar-refractivity contribution in [2.75, 3.05) is 33.4 Å². The van der Waals surface area contributed by atoms with Crippen LogP contribution >= 0.6 is 0 Å². The van der Waals surface area contributed by atoms with Crippen LogP contribution in [-0.2, 0) is 17.7 Å². The van der Waals surface area contributed by atoms with Crippen molar-refractivity contribution in [3.63, 3.8) is 0 Å². The van der Waals surface area contributed by atoms with Gasteiger partial charge in [-0.15, -0.1) is 0 Å². The summed E-state index contributed by atoms with van der Waals surface area (Å²) >= 11 is 0. The highest BCUT2D eigenvalue weighted by atomic mass is 16.5. The fraction of sp³-hybridized carbons (Fsp3) is 0.409. The van der Waals surface area contributed by atoms with Crippen molar-refractivity contribution < 1.29 is 9.47 Å². The molecule has 0 heterocycles. The Morgan fingerprint density at radius 1 is 0.963 bits per heavy atom. The van der Waals surface area contributed by atoms with Gasteiger partial charge in [-0.2, -0.15) is 0 Å². The van der Waals surface area contributed by atoms with Crippen LogP contribution in [0.15, 0.2) is 59.6 Å². The van der Waals surface area contributed by atoms with Gasteiger partial charge in [-0.3, -0.25) is 0 Å². The second kappa shape index (κ2) is 12.8. The molecular weight excluding hydrogens is 338 g/mol. The van der Waals surface area contributed by atoms with E-state index in [0.717, 1.165) is 43.2 Å². The molecule has 0 saturated carbocycles. The molecule has 0 saturated heterocycles. The molecule has 5 nitrogen and oxygen atoms in total.